The lowest BCUT2D eigenvalue weighted by Gasteiger charge is -2.31. The zero-order chi connectivity index (χ0) is 14.6. The molecule has 1 unspecified atom stereocenters. The Balaban J connectivity index is 1.63. The normalized spacial score (nSPS) is 25.1. The summed E-state index contributed by atoms with van der Waals surface area (Å²) >= 11 is 0. The van der Waals surface area contributed by atoms with Crippen LogP contribution in [0.15, 0.2) is 0 Å². The maximum atomic E-state index is 11.4. The predicted octanol–water partition coefficient (Wildman–Crippen LogP) is -0.543. The molecule has 0 bridgehead atoms. The van der Waals surface area contributed by atoms with Crippen molar-refractivity contribution in [1.82, 2.24) is 14.5 Å². The van der Waals surface area contributed by atoms with E-state index in [0.717, 1.165) is 32.5 Å². The van der Waals surface area contributed by atoms with E-state index in [1.165, 1.54) is 23.4 Å². The van der Waals surface area contributed by atoms with Crippen LogP contribution in [0.4, 0.5) is 0 Å². The van der Waals surface area contributed by atoms with E-state index >= 15 is 0 Å². The summed E-state index contributed by atoms with van der Waals surface area (Å²) in [5, 5.41) is 13.4. The third-order valence-corrected chi connectivity index (χ3v) is 5.54. The second-order valence-electron chi connectivity index (χ2n) is 6.01. The molecule has 0 spiro atoms. The fraction of sp³-hybridized carbons (Fsp3) is 1.00. The number of hydrogen-bond acceptors (Lipinski definition) is 5. The first-order valence-electron chi connectivity index (χ1n) is 7.54. The molecular weight excluding hydrogens is 278 g/mol. The highest BCUT2D eigenvalue weighted by atomic mass is 32.2. The summed E-state index contributed by atoms with van der Waals surface area (Å²) in [6.07, 6.45) is 5.06. The van der Waals surface area contributed by atoms with Crippen molar-refractivity contribution in [3.8, 4) is 0 Å². The molecule has 2 rings (SSSR count). The Kier molecular flexibility index (Phi) is 5.80. The number of β-amino-alcohol motifs (C(OH)–C–C–N with tert-alkyl or cyclic N) is 1. The van der Waals surface area contributed by atoms with Gasteiger partial charge in [-0.3, -0.25) is 0 Å². The molecule has 7 heteroatoms. The van der Waals surface area contributed by atoms with Crippen LogP contribution in [-0.4, -0.2) is 80.4 Å². The van der Waals surface area contributed by atoms with E-state index < -0.39 is 10.0 Å². The molecule has 0 amide bonds. The molecule has 0 saturated carbocycles. The number of hydrogen-bond donors (Lipinski definition) is 2. The largest absolute Gasteiger partial charge is 0.390 e. The van der Waals surface area contributed by atoms with Gasteiger partial charge in [0.1, 0.15) is 0 Å². The molecule has 118 valence electrons. The number of sulfonamides is 1. The smallest absolute Gasteiger partial charge is 0.211 e. The second kappa shape index (κ2) is 7.17. The van der Waals surface area contributed by atoms with Gasteiger partial charge in [-0.15, -0.1) is 0 Å². The van der Waals surface area contributed by atoms with E-state index in [2.05, 4.69) is 10.2 Å². The Bertz CT molecular complexity index is 388. The van der Waals surface area contributed by atoms with Gasteiger partial charge in [0.2, 0.25) is 10.0 Å². The molecule has 6 nitrogen and oxygen atoms in total. The van der Waals surface area contributed by atoms with Crippen molar-refractivity contribution in [2.75, 3.05) is 45.5 Å². The second-order valence-corrected chi connectivity index (χ2v) is 7.99. The van der Waals surface area contributed by atoms with Crippen molar-refractivity contribution in [2.24, 2.45) is 0 Å². The van der Waals surface area contributed by atoms with E-state index in [1.54, 1.807) is 0 Å². The number of piperidine rings is 1. The van der Waals surface area contributed by atoms with Gasteiger partial charge >= 0.3 is 0 Å². The summed E-state index contributed by atoms with van der Waals surface area (Å²) < 4.78 is 24.4. The zero-order valence-electron chi connectivity index (χ0n) is 12.3. The maximum Gasteiger partial charge on any atom is 0.211 e. The van der Waals surface area contributed by atoms with Crippen LogP contribution < -0.4 is 5.32 Å². The minimum absolute atomic E-state index is 0.321. The summed E-state index contributed by atoms with van der Waals surface area (Å²) in [4.78, 5) is 2.30. The van der Waals surface area contributed by atoms with Crippen LogP contribution >= 0.6 is 0 Å². The first kappa shape index (κ1) is 16.2. The maximum absolute atomic E-state index is 11.4. The average molecular weight is 305 g/mol. The monoisotopic (exact) mass is 305 g/mol. The van der Waals surface area contributed by atoms with Crippen LogP contribution in [0.1, 0.15) is 25.7 Å². The Morgan fingerprint density at radius 2 is 1.80 bits per heavy atom. The molecule has 20 heavy (non-hydrogen) atoms. The molecule has 2 heterocycles. The summed E-state index contributed by atoms with van der Waals surface area (Å²) in [7, 11) is -3.05. The van der Waals surface area contributed by atoms with Gasteiger partial charge in [-0.2, -0.15) is 0 Å². The summed E-state index contributed by atoms with van der Waals surface area (Å²) in [5.41, 5.74) is 0. The predicted molar refractivity (Wildman–Crippen MR) is 79.1 cm³/mol. The zero-order valence-corrected chi connectivity index (χ0v) is 13.1. The van der Waals surface area contributed by atoms with Gasteiger partial charge in [0.25, 0.3) is 0 Å². The Hall–Kier alpha value is -0.210. The molecule has 2 saturated heterocycles. The van der Waals surface area contributed by atoms with Gasteiger partial charge in [-0.1, -0.05) is 0 Å². The standard InChI is InChI=1S/C13H27N3O3S/c1-20(18,19)16-8-4-12(5-9-16)14-10-13(17)11-15-6-2-3-7-15/h12-14,17H,2-11H2,1H3. The first-order chi connectivity index (χ1) is 9.45. The number of rotatable bonds is 6. The van der Waals surface area contributed by atoms with E-state index in [1.807, 2.05) is 0 Å². The van der Waals surface area contributed by atoms with Crippen molar-refractivity contribution >= 4 is 10.0 Å². The van der Waals surface area contributed by atoms with E-state index in [0.29, 0.717) is 25.7 Å². The number of nitrogens with one attached hydrogen (secondary N) is 1. The molecule has 2 fully saturated rings. The van der Waals surface area contributed by atoms with Crippen molar-refractivity contribution in [2.45, 2.75) is 37.8 Å². The number of aliphatic hydroxyl groups is 1. The van der Waals surface area contributed by atoms with Gasteiger partial charge in [-0.25, -0.2) is 12.7 Å². The highest BCUT2D eigenvalue weighted by molar-refractivity contribution is 7.88. The average Bonchev–Trinajstić information content (AvgIpc) is 2.88. The molecule has 2 aliphatic rings. The molecule has 0 aromatic rings. The SMILES string of the molecule is CS(=O)(=O)N1CCC(NCC(O)CN2CCCC2)CC1. The van der Waals surface area contributed by atoms with Crippen LogP contribution in [0.3, 0.4) is 0 Å². The lowest BCUT2D eigenvalue weighted by molar-refractivity contribution is 0.117. The van der Waals surface area contributed by atoms with Crippen molar-refractivity contribution in [3.05, 3.63) is 0 Å². The summed E-state index contributed by atoms with van der Waals surface area (Å²) in [6, 6.07) is 0.321. The van der Waals surface area contributed by atoms with Crippen molar-refractivity contribution in [1.29, 1.82) is 0 Å². The van der Waals surface area contributed by atoms with E-state index in [9.17, 15) is 13.5 Å². The lowest BCUT2D eigenvalue weighted by atomic mass is 10.1. The van der Waals surface area contributed by atoms with E-state index in [4.69, 9.17) is 0 Å². The molecule has 0 aromatic carbocycles. The van der Waals surface area contributed by atoms with E-state index in [-0.39, 0.29) is 6.10 Å². The Morgan fingerprint density at radius 3 is 2.35 bits per heavy atom. The van der Waals surface area contributed by atoms with Crippen molar-refractivity contribution < 1.29 is 13.5 Å². The molecule has 2 aliphatic heterocycles. The van der Waals surface area contributed by atoms with Gasteiger partial charge in [-0.05, 0) is 38.8 Å². The molecule has 0 aromatic heterocycles. The fourth-order valence-corrected chi connectivity index (χ4v) is 3.90. The number of nitrogens with zero attached hydrogens (tertiary/aromatic N) is 2. The van der Waals surface area contributed by atoms with Gasteiger partial charge in [0.15, 0.2) is 0 Å². The minimum Gasteiger partial charge on any atom is -0.390 e. The van der Waals surface area contributed by atoms with Gasteiger partial charge in [0, 0.05) is 32.2 Å². The Labute approximate surface area is 122 Å². The summed E-state index contributed by atoms with van der Waals surface area (Å²) in [5.74, 6) is 0. The molecule has 0 radical (unpaired) electrons. The highest BCUT2D eigenvalue weighted by Gasteiger charge is 2.25. The van der Waals surface area contributed by atoms with Crippen LogP contribution in [-0.2, 0) is 10.0 Å². The topological polar surface area (TPSA) is 72.9 Å². The third kappa shape index (κ3) is 4.96. The molecule has 2 N–H and O–H groups in total. The highest BCUT2D eigenvalue weighted by Crippen LogP contribution is 2.13. The van der Waals surface area contributed by atoms with Crippen LogP contribution in [0.5, 0.6) is 0 Å². The van der Waals surface area contributed by atoms with Crippen LogP contribution in [0, 0.1) is 0 Å². The fourth-order valence-electron chi connectivity index (χ4n) is 3.02. The third-order valence-electron chi connectivity index (χ3n) is 4.23. The number of aliphatic hydroxyl groups excluding tert-OH is 1. The summed E-state index contributed by atoms with van der Waals surface area (Å²) in [6.45, 7) is 4.71. The lowest BCUT2D eigenvalue weighted by Crippen LogP contribution is -2.47. The minimum atomic E-state index is -3.05. The molecular formula is C13H27N3O3S. The quantitative estimate of drug-likeness (QED) is 0.689. The van der Waals surface area contributed by atoms with Gasteiger partial charge in [0.05, 0.1) is 12.4 Å². The molecule has 1 atom stereocenters. The number of likely N-dealkylation sites (tertiary alicyclic amines) is 1. The molecule has 0 aliphatic carbocycles. The van der Waals surface area contributed by atoms with Gasteiger partial charge < -0.3 is 15.3 Å². The first-order valence-corrected chi connectivity index (χ1v) is 9.39. The Morgan fingerprint density at radius 1 is 1.20 bits per heavy atom. The van der Waals surface area contributed by atoms with Crippen LogP contribution in [0.25, 0.3) is 0 Å². The van der Waals surface area contributed by atoms with Crippen LogP contribution in [0.2, 0.25) is 0 Å². The van der Waals surface area contributed by atoms with Crippen molar-refractivity contribution in [3.63, 3.8) is 0 Å².